The van der Waals surface area contributed by atoms with Gasteiger partial charge in [0, 0.05) is 31.0 Å². The number of hydrogen-bond donors (Lipinski definition) is 1. The van der Waals surface area contributed by atoms with Crippen LogP contribution in [0.1, 0.15) is 5.56 Å². The highest BCUT2D eigenvalue weighted by Gasteiger charge is 2.27. The zero-order valence-electron chi connectivity index (χ0n) is 15.2. The number of sulfonamides is 1. The van der Waals surface area contributed by atoms with E-state index in [1.54, 1.807) is 6.92 Å². The Morgan fingerprint density at radius 2 is 1.93 bits per heavy atom. The fourth-order valence-corrected chi connectivity index (χ4v) is 4.22. The van der Waals surface area contributed by atoms with E-state index in [2.05, 4.69) is 5.32 Å². The number of nitrogens with zero attached hydrogens (tertiary/aromatic N) is 2. The van der Waals surface area contributed by atoms with Crippen LogP contribution in [0.4, 0.5) is 10.1 Å². The number of morpholine rings is 1. The number of carbonyl (C=O) groups is 1. The predicted octanol–water partition coefficient (Wildman–Crippen LogP) is 0.955. The number of benzene rings is 1. The molecule has 0 saturated carbocycles. The van der Waals surface area contributed by atoms with Gasteiger partial charge in [0.2, 0.25) is 15.9 Å². The monoisotopic (exact) mass is 409 g/mol. The molecule has 0 bridgehead atoms. The Balaban J connectivity index is 1.80. The van der Waals surface area contributed by atoms with E-state index in [0.717, 1.165) is 16.8 Å². The molecule has 1 N–H and O–H groups in total. The second-order valence-corrected chi connectivity index (χ2v) is 8.29. The van der Waals surface area contributed by atoms with Crippen molar-refractivity contribution in [2.24, 2.45) is 0 Å². The number of rotatable bonds is 5. The summed E-state index contributed by atoms with van der Waals surface area (Å²) >= 11 is 0. The zero-order valence-corrected chi connectivity index (χ0v) is 16.0. The van der Waals surface area contributed by atoms with Gasteiger partial charge in [-0.05, 0) is 30.7 Å². The lowest BCUT2D eigenvalue weighted by atomic mass is 10.2. The quantitative estimate of drug-likeness (QED) is 0.793. The Morgan fingerprint density at radius 1 is 1.21 bits per heavy atom. The number of anilines is 1. The first-order valence-electron chi connectivity index (χ1n) is 8.62. The molecule has 1 aliphatic rings. The second kappa shape index (κ2) is 8.21. The third-order valence-corrected chi connectivity index (χ3v) is 6.23. The molecule has 0 spiro atoms. The number of nitrogens with one attached hydrogen (secondary N) is 1. The first kappa shape index (κ1) is 20.2. The number of amides is 1. The summed E-state index contributed by atoms with van der Waals surface area (Å²) in [5, 5.41) is 2.53. The summed E-state index contributed by atoms with van der Waals surface area (Å²) < 4.78 is 46.3. The number of aryl methyl sites for hydroxylation is 1. The molecule has 1 saturated heterocycles. The van der Waals surface area contributed by atoms with E-state index in [1.807, 2.05) is 0 Å². The molecule has 8 nitrogen and oxygen atoms in total. The number of halogens is 1. The average molecular weight is 409 g/mol. The lowest BCUT2D eigenvalue weighted by molar-refractivity contribution is -0.116. The van der Waals surface area contributed by atoms with Gasteiger partial charge in [-0.3, -0.25) is 9.59 Å². The van der Waals surface area contributed by atoms with Crippen molar-refractivity contribution in [1.29, 1.82) is 0 Å². The maximum atomic E-state index is 13.4. The molecule has 10 heteroatoms. The molecule has 1 aromatic carbocycles. The van der Waals surface area contributed by atoms with Crippen LogP contribution in [-0.2, 0) is 26.1 Å². The minimum atomic E-state index is -3.80. The van der Waals surface area contributed by atoms with Gasteiger partial charge in [-0.1, -0.05) is 6.07 Å². The summed E-state index contributed by atoms with van der Waals surface area (Å²) in [5.74, 6) is -1.08. The summed E-state index contributed by atoms with van der Waals surface area (Å²) in [4.78, 5) is 24.3. The van der Waals surface area contributed by atoms with Gasteiger partial charge in [0.05, 0.1) is 18.1 Å². The molecule has 1 aliphatic heterocycles. The van der Waals surface area contributed by atoms with Crippen LogP contribution in [-0.4, -0.2) is 49.5 Å². The lowest BCUT2D eigenvalue weighted by Gasteiger charge is -2.26. The van der Waals surface area contributed by atoms with Crippen molar-refractivity contribution in [3.63, 3.8) is 0 Å². The van der Waals surface area contributed by atoms with Gasteiger partial charge in [0.15, 0.2) is 0 Å². The molecule has 1 fully saturated rings. The molecule has 0 unspecified atom stereocenters. The fraction of sp³-hybridized carbons (Fsp3) is 0.333. The zero-order chi connectivity index (χ0) is 20.3. The standard InChI is InChI=1S/C18H20FN3O5S/c1-13-2-3-14(19)10-16(13)20-17(23)12-21-11-15(4-5-18(21)24)28(25,26)22-6-8-27-9-7-22/h2-5,10-11H,6-9,12H2,1H3,(H,20,23). The van der Waals surface area contributed by atoms with Gasteiger partial charge in [0.1, 0.15) is 12.4 Å². The van der Waals surface area contributed by atoms with Crippen LogP contribution >= 0.6 is 0 Å². The largest absolute Gasteiger partial charge is 0.379 e. The summed E-state index contributed by atoms with van der Waals surface area (Å²) in [6.45, 7) is 2.35. The topological polar surface area (TPSA) is 97.7 Å². The van der Waals surface area contributed by atoms with Crippen LogP contribution in [0.25, 0.3) is 0 Å². The third-order valence-electron chi connectivity index (χ3n) is 4.35. The van der Waals surface area contributed by atoms with Gasteiger partial charge >= 0.3 is 0 Å². The van der Waals surface area contributed by atoms with Gasteiger partial charge in [0.25, 0.3) is 5.56 Å². The Morgan fingerprint density at radius 3 is 2.64 bits per heavy atom. The number of pyridine rings is 1. The minimum absolute atomic E-state index is 0.0799. The van der Waals surface area contributed by atoms with Crippen molar-refractivity contribution < 1.29 is 22.3 Å². The number of ether oxygens (including phenoxy) is 1. The highest BCUT2D eigenvalue weighted by molar-refractivity contribution is 7.89. The Labute approximate surface area is 161 Å². The van der Waals surface area contributed by atoms with Crippen molar-refractivity contribution in [3.05, 3.63) is 58.3 Å². The molecular weight excluding hydrogens is 389 g/mol. The van der Waals surface area contributed by atoms with Crippen molar-refractivity contribution in [3.8, 4) is 0 Å². The molecule has 0 atom stereocenters. The number of aromatic nitrogens is 1. The Hall–Kier alpha value is -2.56. The fourth-order valence-electron chi connectivity index (χ4n) is 2.79. The van der Waals surface area contributed by atoms with Crippen molar-refractivity contribution in [2.75, 3.05) is 31.6 Å². The summed E-state index contributed by atoms with van der Waals surface area (Å²) in [7, 11) is -3.80. The molecule has 1 aromatic heterocycles. The SMILES string of the molecule is Cc1ccc(F)cc1NC(=O)Cn1cc(S(=O)(=O)N2CCOCC2)ccc1=O. The van der Waals surface area contributed by atoms with E-state index in [-0.39, 0.29) is 23.7 Å². The van der Waals surface area contributed by atoms with Gasteiger partial charge < -0.3 is 14.6 Å². The summed E-state index contributed by atoms with van der Waals surface area (Å²) in [5.41, 5.74) is 0.424. The van der Waals surface area contributed by atoms with Crippen molar-refractivity contribution in [2.45, 2.75) is 18.4 Å². The molecule has 2 aromatic rings. The second-order valence-electron chi connectivity index (χ2n) is 6.35. The van der Waals surface area contributed by atoms with E-state index < -0.39 is 33.9 Å². The normalized spacial score (nSPS) is 15.4. The number of hydrogen-bond acceptors (Lipinski definition) is 5. The van der Waals surface area contributed by atoms with Crippen LogP contribution in [0, 0.1) is 12.7 Å². The van der Waals surface area contributed by atoms with Gasteiger partial charge in [-0.25, -0.2) is 12.8 Å². The summed E-state index contributed by atoms with van der Waals surface area (Å²) in [6, 6.07) is 6.30. The lowest BCUT2D eigenvalue weighted by Crippen LogP contribution is -2.41. The molecular formula is C18H20FN3O5S. The smallest absolute Gasteiger partial charge is 0.251 e. The number of carbonyl (C=O) groups excluding carboxylic acids is 1. The molecule has 0 radical (unpaired) electrons. The van der Waals surface area contributed by atoms with Crippen LogP contribution < -0.4 is 10.9 Å². The minimum Gasteiger partial charge on any atom is -0.379 e. The van der Waals surface area contributed by atoms with E-state index in [4.69, 9.17) is 4.74 Å². The molecule has 28 heavy (non-hydrogen) atoms. The van der Waals surface area contributed by atoms with Crippen molar-refractivity contribution in [1.82, 2.24) is 8.87 Å². The van der Waals surface area contributed by atoms with E-state index in [9.17, 15) is 22.4 Å². The molecule has 0 aliphatic carbocycles. The van der Waals surface area contributed by atoms with E-state index in [0.29, 0.717) is 18.8 Å². The van der Waals surface area contributed by atoms with Crippen LogP contribution in [0.2, 0.25) is 0 Å². The summed E-state index contributed by atoms with van der Waals surface area (Å²) in [6.07, 6.45) is 1.14. The Bertz CT molecular complexity index is 1050. The highest BCUT2D eigenvalue weighted by atomic mass is 32.2. The predicted molar refractivity (Wildman–Crippen MR) is 100 cm³/mol. The van der Waals surface area contributed by atoms with Crippen LogP contribution in [0.5, 0.6) is 0 Å². The molecule has 3 rings (SSSR count). The van der Waals surface area contributed by atoms with E-state index >= 15 is 0 Å². The molecule has 2 heterocycles. The molecule has 150 valence electrons. The van der Waals surface area contributed by atoms with E-state index in [1.165, 1.54) is 28.6 Å². The highest BCUT2D eigenvalue weighted by Crippen LogP contribution is 2.17. The van der Waals surface area contributed by atoms with Crippen molar-refractivity contribution >= 4 is 21.6 Å². The van der Waals surface area contributed by atoms with Crippen LogP contribution in [0.15, 0.2) is 46.2 Å². The third kappa shape index (κ3) is 4.46. The average Bonchev–Trinajstić information content (AvgIpc) is 2.67. The first-order chi connectivity index (χ1) is 13.3. The maximum absolute atomic E-state index is 13.4. The first-order valence-corrected chi connectivity index (χ1v) is 10.1. The maximum Gasteiger partial charge on any atom is 0.251 e. The van der Waals surface area contributed by atoms with Gasteiger partial charge in [-0.15, -0.1) is 0 Å². The Kier molecular flexibility index (Phi) is 5.92. The molecule has 1 amide bonds. The van der Waals surface area contributed by atoms with Gasteiger partial charge in [-0.2, -0.15) is 4.31 Å². The van der Waals surface area contributed by atoms with Crippen LogP contribution in [0.3, 0.4) is 0 Å².